The Morgan fingerprint density at radius 3 is 2.71 bits per heavy atom. The van der Waals surface area contributed by atoms with Crippen LogP contribution in [-0.4, -0.2) is 64.1 Å². The van der Waals surface area contributed by atoms with Crippen molar-refractivity contribution < 1.29 is 13.6 Å². The van der Waals surface area contributed by atoms with Gasteiger partial charge in [-0.15, -0.1) is 0 Å². The smallest absolute Gasteiger partial charge is 0.276 e. The Bertz CT molecular complexity index is 1370. The Balaban J connectivity index is 1.35. The molecule has 5 rings (SSSR count). The van der Waals surface area contributed by atoms with Crippen LogP contribution in [0.3, 0.4) is 0 Å². The normalized spacial score (nSPS) is 15.2. The molecule has 0 bridgehead atoms. The number of hydrogen-bond acceptors (Lipinski definition) is 6. The lowest BCUT2D eigenvalue weighted by Crippen LogP contribution is -2.25. The zero-order chi connectivity index (χ0) is 24.6. The molecule has 1 saturated heterocycles. The van der Waals surface area contributed by atoms with Crippen molar-refractivity contribution in [2.45, 2.75) is 18.9 Å². The Morgan fingerprint density at radius 2 is 2.00 bits per heavy atom. The largest absolute Gasteiger partial charge is 0.350 e. The summed E-state index contributed by atoms with van der Waals surface area (Å²) >= 11 is 0. The van der Waals surface area contributed by atoms with Crippen LogP contribution in [0.4, 0.5) is 20.3 Å². The SMILES string of the molecule is CN(C)Cc1cncc(-c2ccc3[nH]nc(C(=O)Nc4ccc(N5CCC(F)(F)C5)nc4)c3c2)c1. The number of nitrogens with one attached hydrogen (secondary N) is 2. The molecule has 0 atom stereocenters. The van der Waals surface area contributed by atoms with Gasteiger partial charge in [-0.05, 0) is 55.6 Å². The maximum atomic E-state index is 13.5. The molecule has 10 heteroatoms. The van der Waals surface area contributed by atoms with E-state index in [0.717, 1.165) is 28.8 Å². The quantitative estimate of drug-likeness (QED) is 0.433. The highest BCUT2D eigenvalue weighted by atomic mass is 19.3. The van der Waals surface area contributed by atoms with Gasteiger partial charge in [-0.25, -0.2) is 13.8 Å². The molecule has 0 radical (unpaired) electrons. The van der Waals surface area contributed by atoms with Crippen molar-refractivity contribution >= 4 is 28.3 Å². The number of halogens is 2. The van der Waals surface area contributed by atoms with E-state index in [0.29, 0.717) is 16.9 Å². The van der Waals surface area contributed by atoms with Crippen molar-refractivity contribution in [2.75, 3.05) is 37.4 Å². The maximum absolute atomic E-state index is 13.5. The molecule has 8 nitrogen and oxygen atoms in total. The lowest BCUT2D eigenvalue weighted by molar-refractivity contribution is 0.0256. The van der Waals surface area contributed by atoms with E-state index in [2.05, 4.69) is 36.4 Å². The fourth-order valence-electron chi connectivity index (χ4n) is 4.23. The number of benzene rings is 1. The van der Waals surface area contributed by atoms with Crippen molar-refractivity contribution in [3.8, 4) is 11.1 Å². The molecule has 1 amide bonds. The zero-order valence-corrected chi connectivity index (χ0v) is 19.4. The average molecular weight is 478 g/mol. The van der Waals surface area contributed by atoms with Gasteiger partial charge < -0.3 is 15.1 Å². The van der Waals surface area contributed by atoms with Crippen LogP contribution in [-0.2, 0) is 6.54 Å². The lowest BCUT2D eigenvalue weighted by atomic mass is 10.0. The number of amides is 1. The molecule has 3 aromatic heterocycles. The molecular weight excluding hydrogens is 452 g/mol. The molecule has 0 unspecified atom stereocenters. The summed E-state index contributed by atoms with van der Waals surface area (Å²) in [7, 11) is 4.01. The van der Waals surface area contributed by atoms with E-state index in [1.54, 1.807) is 18.3 Å². The van der Waals surface area contributed by atoms with Crippen LogP contribution in [0.5, 0.6) is 0 Å². The van der Waals surface area contributed by atoms with E-state index in [-0.39, 0.29) is 25.2 Å². The molecule has 0 saturated carbocycles. The van der Waals surface area contributed by atoms with Gasteiger partial charge in [-0.3, -0.25) is 14.9 Å². The highest BCUT2D eigenvalue weighted by Crippen LogP contribution is 2.30. The molecular formula is C25H25F2N7O. The molecule has 0 aliphatic carbocycles. The lowest BCUT2D eigenvalue weighted by Gasteiger charge is -2.17. The van der Waals surface area contributed by atoms with Gasteiger partial charge in [0, 0.05) is 42.9 Å². The minimum Gasteiger partial charge on any atom is -0.350 e. The molecule has 4 aromatic rings. The van der Waals surface area contributed by atoms with E-state index in [4.69, 9.17) is 0 Å². The summed E-state index contributed by atoms with van der Waals surface area (Å²) in [6, 6.07) is 11.1. The maximum Gasteiger partial charge on any atom is 0.276 e. The number of pyridine rings is 2. The summed E-state index contributed by atoms with van der Waals surface area (Å²) in [5.74, 6) is -2.63. The summed E-state index contributed by atoms with van der Waals surface area (Å²) in [5.41, 5.74) is 4.41. The Labute approximate surface area is 201 Å². The third-order valence-corrected chi connectivity index (χ3v) is 5.90. The number of aromatic amines is 1. The molecule has 0 spiro atoms. The fourth-order valence-corrected chi connectivity index (χ4v) is 4.23. The van der Waals surface area contributed by atoms with Crippen LogP contribution in [0.2, 0.25) is 0 Å². The number of H-pyrrole nitrogens is 1. The van der Waals surface area contributed by atoms with Gasteiger partial charge in [-0.2, -0.15) is 5.10 Å². The second-order valence-electron chi connectivity index (χ2n) is 9.04. The Kier molecular flexibility index (Phi) is 5.89. The van der Waals surface area contributed by atoms with Crippen LogP contribution in [0.15, 0.2) is 55.0 Å². The number of carbonyl (C=O) groups is 1. The minimum absolute atomic E-state index is 0.183. The first kappa shape index (κ1) is 22.9. The molecule has 1 fully saturated rings. The number of nitrogens with zero attached hydrogens (tertiary/aromatic N) is 5. The van der Waals surface area contributed by atoms with Gasteiger partial charge in [-0.1, -0.05) is 6.07 Å². The average Bonchev–Trinajstić information content (AvgIpc) is 3.41. The van der Waals surface area contributed by atoms with Gasteiger partial charge in [0.15, 0.2) is 5.69 Å². The van der Waals surface area contributed by atoms with E-state index < -0.39 is 11.8 Å². The minimum atomic E-state index is -2.70. The second kappa shape index (κ2) is 9.03. The van der Waals surface area contributed by atoms with Crippen LogP contribution < -0.4 is 10.2 Å². The van der Waals surface area contributed by atoms with Crippen LogP contribution in [0, 0.1) is 0 Å². The molecule has 35 heavy (non-hydrogen) atoms. The third kappa shape index (κ3) is 4.97. The Morgan fingerprint density at radius 1 is 1.14 bits per heavy atom. The van der Waals surface area contributed by atoms with Crippen molar-refractivity contribution in [2.24, 2.45) is 0 Å². The molecule has 180 valence electrons. The van der Waals surface area contributed by atoms with E-state index in [9.17, 15) is 13.6 Å². The number of rotatable bonds is 6. The summed E-state index contributed by atoms with van der Waals surface area (Å²) < 4.78 is 27.0. The molecule has 2 N–H and O–H groups in total. The number of carbonyl (C=O) groups excluding carboxylic acids is 1. The molecule has 1 aromatic carbocycles. The first-order chi connectivity index (χ1) is 16.8. The van der Waals surface area contributed by atoms with Gasteiger partial charge in [0.25, 0.3) is 11.8 Å². The highest BCUT2D eigenvalue weighted by molar-refractivity contribution is 6.11. The van der Waals surface area contributed by atoms with Crippen LogP contribution in [0.25, 0.3) is 22.0 Å². The monoisotopic (exact) mass is 477 g/mol. The van der Waals surface area contributed by atoms with E-state index in [1.165, 1.54) is 11.1 Å². The zero-order valence-electron chi connectivity index (χ0n) is 19.4. The number of fused-ring (bicyclic) bond motifs is 1. The van der Waals surface area contributed by atoms with Crippen molar-refractivity contribution in [3.05, 3.63) is 66.2 Å². The predicted molar refractivity (Wildman–Crippen MR) is 131 cm³/mol. The standard InChI is InChI=1S/C25H25F2N7O/c1-33(2)14-16-9-18(12-28-11-16)17-3-5-21-20(10-17)23(32-31-21)24(35)30-19-4-6-22(29-13-19)34-8-7-25(26,27)15-34/h3-6,9-13H,7-8,14-15H2,1-2H3,(H,30,35)(H,31,32). The van der Waals surface area contributed by atoms with Crippen molar-refractivity contribution in [1.29, 1.82) is 0 Å². The summed E-state index contributed by atoms with van der Waals surface area (Å²) in [4.78, 5) is 25.2. The molecule has 1 aliphatic rings. The van der Waals surface area contributed by atoms with Gasteiger partial charge in [0.2, 0.25) is 0 Å². The summed E-state index contributed by atoms with van der Waals surface area (Å²) in [5, 5.41) is 10.6. The first-order valence-corrected chi connectivity index (χ1v) is 11.2. The van der Waals surface area contributed by atoms with Gasteiger partial charge >= 0.3 is 0 Å². The van der Waals surface area contributed by atoms with E-state index in [1.807, 2.05) is 38.5 Å². The number of aromatic nitrogens is 4. The fraction of sp³-hybridized carbons (Fsp3) is 0.280. The summed E-state index contributed by atoms with van der Waals surface area (Å²) in [6.45, 7) is 0.678. The topological polar surface area (TPSA) is 90.0 Å². The molecule has 4 heterocycles. The van der Waals surface area contributed by atoms with E-state index >= 15 is 0 Å². The van der Waals surface area contributed by atoms with Crippen molar-refractivity contribution in [3.63, 3.8) is 0 Å². The number of alkyl halides is 2. The van der Waals surface area contributed by atoms with Crippen LogP contribution in [0.1, 0.15) is 22.5 Å². The molecule has 1 aliphatic heterocycles. The second-order valence-corrected chi connectivity index (χ2v) is 9.04. The predicted octanol–water partition coefficient (Wildman–Crippen LogP) is 4.18. The third-order valence-electron chi connectivity index (χ3n) is 5.90. The highest BCUT2D eigenvalue weighted by Gasteiger charge is 2.38. The first-order valence-electron chi connectivity index (χ1n) is 11.2. The van der Waals surface area contributed by atoms with Gasteiger partial charge in [0.1, 0.15) is 5.82 Å². The number of anilines is 2. The van der Waals surface area contributed by atoms with Crippen LogP contribution >= 0.6 is 0 Å². The van der Waals surface area contributed by atoms with Gasteiger partial charge in [0.05, 0.1) is 23.9 Å². The number of hydrogen-bond donors (Lipinski definition) is 2. The van der Waals surface area contributed by atoms with Crippen molar-refractivity contribution in [1.82, 2.24) is 25.1 Å². The summed E-state index contributed by atoms with van der Waals surface area (Å²) in [6.07, 6.45) is 4.92. The Hall–Kier alpha value is -3.92.